The summed E-state index contributed by atoms with van der Waals surface area (Å²) in [5.74, 6) is -0.0976. The number of hydrogen-bond donors (Lipinski definition) is 1. The van der Waals surface area contributed by atoms with Crippen LogP contribution in [0.1, 0.15) is 27.2 Å². The monoisotopic (exact) mass is 243 g/mol. The summed E-state index contributed by atoms with van der Waals surface area (Å²) in [6.07, 6.45) is 0.853. The fraction of sp³-hybridized carbons (Fsp3) is 0.833. The fourth-order valence-corrected chi connectivity index (χ4v) is 1.36. The van der Waals surface area contributed by atoms with Crippen LogP contribution in [-0.4, -0.2) is 54.8 Å². The van der Waals surface area contributed by atoms with Gasteiger partial charge >= 0.3 is 0 Å². The maximum absolute atomic E-state index is 12.1. The van der Waals surface area contributed by atoms with E-state index in [9.17, 15) is 9.59 Å². The van der Waals surface area contributed by atoms with Gasteiger partial charge in [0, 0.05) is 20.6 Å². The fourth-order valence-electron chi connectivity index (χ4n) is 1.36. The first-order valence-electron chi connectivity index (χ1n) is 6.09. The highest BCUT2D eigenvalue weighted by Gasteiger charge is 2.25. The van der Waals surface area contributed by atoms with Gasteiger partial charge in [0.1, 0.15) is 0 Å². The van der Waals surface area contributed by atoms with Crippen LogP contribution in [0.2, 0.25) is 0 Å². The van der Waals surface area contributed by atoms with Gasteiger partial charge < -0.3 is 15.5 Å². The summed E-state index contributed by atoms with van der Waals surface area (Å²) >= 11 is 0. The SMILES string of the molecule is CC[C@H](C)[C@H](N)C(=O)N(CC)CC(=O)N(C)C. The van der Waals surface area contributed by atoms with Crippen LogP contribution >= 0.6 is 0 Å². The molecule has 0 rings (SSSR count). The van der Waals surface area contributed by atoms with Crippen LogP contribution < -0.4 is 5.73 Å². The minimum Gasteiger partial charge on any atom is -0.347 e. The first-order valence-corrected chi connectivity index (χ1v) is 6.09. The lowest BCUT2D eigenvalue weighted by Gasteiger charge is -2.27. The Kier molecular flexibility index (Phi) is 6.80. The van der Waals surface area contributed by atoms with Gasteiger partial charge in [-0.15, -0.1) is 0 Å². The molecule has 0 bridgehead atoms. The highest BCUT2D eigenvalue weighted by atomic mass is 16.2. The number of carbonyl (C=O) groups excluding carboxylic acids is 2. The van der Waals surface area contributed by atoms with E-state index in [1.54, 1.807) is 14.1 Å². The normalized spacial score (nSPS) is 14.0. The summed E-state index contributed by atoms with van der Waals surface area (Å²) < 4.78 is 0. The molecule has 0 aliphatic rings. The molecule has 0 unspecified atom stereocenters. The number of nitrogens with two attached hydrogens (primary N) is 1. The summed E-state index contributed by atoms with van der Waals surface area (Å²) in [5, 5.41) is 0. The average molecular weight is 243 g/mol. The topological polar surface area (TPSA) is 66.6 Å². The Morgan fingerprint density at radius 1 is 1.24 bits per heavy atom. The van der Waals surface area contributed by atoms with Crippen molar-refractivity contribution >= 4 is 11.8 Å². The zero-order valence-corrected chi connectivity index (χ0v) is 11.6. The Morgan fingerprint density at radius 2 is 1.76 bits per heavy atom. The molecule has 0 aliphatic heterocycles. The van der Waals surface area contributed by atoms with E-state index >= 15 is 0 Å². The zero-order valence-electron chi connectivity index (χ0n) is 11.6. The predicted octanol–water partition coefficient (Wildman–Crippen LogP) is 0.297. The van der Waals surface area contributed by atoms with Crippen LogP contribution in [0.3, 0.4) is 0 Å². The molecule has 2 N–H and O–H groups in total. The van der Waals surface area contributed by atoms with Crippen molar-refractivity contribution in [3.63, 3.8) is 0 Å². The predicted molar refractivity (Wildman–Crippen MR) is 68.4 cm³/mol. The number of carbonyl (C=O) groups is 2. The standard InChI is InChI=1S/C12H25N3O2/c1-6-9(3)11(13)12(17)15(7-2)8-10(16)14(4)5/h9,11H,6-8,13H2,1-5H3/t9-,11-/m0/s1. The molecule has 17 heavy (non-hydrogen) atoms. The summed E-state index contributed by atoms with van der Waals surface area (Å²) in [6.45, 7) is 6.41. The molecule has 2 amide bonds. The van der Waals surface area contributed by atoms with Crippen molar-refractivity contribution in [1.29, 1.82) is 0 Å². The quantitative estimate of drug-likeness (QED) is 0.729. The summed E-state index contributed by atoms with van der Waals surface area (Å²) in [7, 11) is 3.35. The molecule has 0 saturated carbocycles. The molecule has 0 aliphatic carbocycles. The van der Waals surface area contributed by atoms with Crippen LogP contribution in [0, 0.1) is 5.92 Å². The Hall–Kier alpha value is -1.10. The number of hydrogen-bond acceptors (Lipinski definition) is 3. The van der Waals surface area contributed by atoms with Gasteiger partial charge in [-0.2, -0.15) is 0 Å². The van der Waals surface area contributed by atoms with Crippen LogP contribution in [0.15, 0.2) is 0 Å². The largest absolute Gasteiger partial charge is 0.347 e. The summed E-state index contributed by atoms with van der Waals surface area (Å²) in [6, 6.07) is -0.519. The molecule has 0 spiro atoms. The first-order chi connectivity index (χ1) is 7.84. The Morgan fingerprint density at radius 3 is 2.12 bits per heavy atom. The van der Waals surface area contributed by atoms with Gasteiger partial charge in [-0.3, -0.25) is 9.59 Å². The molecule has 5 nitrogen and oxygen atoms in total. The van der Waals surface area contributed by atoms with Gasteiger partial charge in [0.2, 0.25) is 11.8 Å². The minimum absolute atomic E-state index is 0.0865. The highest BCUT2D eigenvalue weighted by molar-refractivity contribution is 5.87. The summed E-state index contributed by atoms with van der Waals surface area (Å²) in [5.41, 5.74) is 5.88. The van der Waals surface area contributed by atoms with E-state index in [1.165, 1.54) is 9.80 Å². The third-order valence-electron chi connectivity index (χ3n) is 3.06. The lowest BCUT2D eigenvalue weighted by atomic mass is 9.99. The van der Waals surface area contributed by atoms with Gasteiger partial charge in [0.05, 0.1) is 12.6 Å². The molecule has 0 radical (unpaired) electrons. The molecule has 0 fully saturated rings. The third-order valence-corrected chi connectivity index (χ3v) is 3.06. The van der Waals surface area contributed by atoms with Gasteiger partial charge in [-0.1, -0.05) is 20.3 Å². The minimum atomic E-state index is -0.519. The lowest BCUT2D eigenvalue weighted by Crippen LogP contribution is -2.49. The second-order valence-electron chi connectivity index (χ2n) is 4.55. The van der Waals surface area contributed by atoms with Crippen LogP contribution in [-0.2, 0) is 9.59 Å². The van der Waals surface area contributed by atoms with Crippen molar-refractivity contribution in [3.05, 3.63) is 0 Å². The number of rotatable bonds is 6. The van der Waals surface area contributed by atoms with Crippen molar-refractivity contribution in [2.45, 2.75) is 33.2 Å². The van der Waals surface area contributed by atoms with Crippen molar-refractivity contribution in [2.75, 3.05) is 27.2 Å². The average Bonchev–Trinajstić information content (AvgIpc) is 2.32. The first kappa shape index (κ1) is 15.9. The third kappa shape index (κ3) is 4.73. The van der Waals surface area contributed by atoms with E-state index in [-0.39, 0.29) is 24.3 Å². The van der Waals surface area contributed by atoms with Gasteiger partial charge in [-0.25, -0.2) is 0 Å². The maximum Gasteiger partial charge on any atom is 0.241 e. The van der Waals surface area contributed by atoms with E-state index in [4.69, 9.17) is 5.73 Å². The molecule has 0 aromatic rings. The van der Waals surface area contributed by atoms with E-state index in [2.05, 4.69) is 0 Å². The molecular weight excluding hydrogens is 218 g/mol. The Bertz CT molecular complexity index is 266. The molecular formula is C12H25N3O2. The maximum atomic E-state index is 12.1. The van der Waals surface area contributed by atoms with E-state index in [1.807, 2.05) is 20.8 Å². The molecule has 0 saturated heterocycles. The number of amides is 2. The van der Waals surface area contributed by atoms with Crippen molar-refractivity contribution in [3.8, 4) is 0 Å². The second-order valence-corrected chi connectivity index (χ2v) is 4.55. The molecule has 0 heterocycles. The van der Waals surface area contributed by atoms with E-state index in [0.717, 1.165) is 6.42 Å². The molecule has 100 valence electrons. The van der Waals surface area contributed by atoms with E-state index in [0.29, 0.717) is 6.54 Å². The van der Waals surface area contributed by atoms with Crippen molar-refractivity contribution in [2.24, 2.45) is 11.7 Å². The lowest BCUT2D eigenvalue weighted by molar-refractivity contribution is -0.140. The molecule has 0 aromatic carbocycles. The van der Waals surface area contributed by atoms with Crippen LogP contribution in [0.25, 0.3) is 0 Å². The highest BCUT2D eigenvalue weighted by Crippen LogP contribution is 2.08. The number of nitrogens with zero attached hydrogens (tertiary/aromatic N) is 2. The Balaban J connectivity index is 4.55. The number of likely N-dealkylation sites (N-methyl/N-ethyl adjacent to an activating group) is 2. The zero-order chi connectivity index (χ0) is 13.6. The van der Waals surface area contributed by atoms with Crippen LogP contribution in [0.5, 0.6) is 0 Å². The van der Waals surface area contributed by atoms with Crippen LogP contribution in [0.4, 0.5) is 0 Å². The second kappa shape index (κ2) is 7.27. The molecule has 5 heteroatoms. The molecule has 2 atom stereocenters. The van der Waals surface area contributed by atoms with Gasteiger partial charge in [0.25, 0.3) is 0 Å². The van der Waals surface area contributed by atoms with Gasteiger partial charge in [-0.05, 0) is 12.8 Å². The van der Waals surface area contributed by atoms with Crippen molar-refractivity contribution < 1.29 is 9.59 Å². The molecule has 0 aromatic heterocycles. The van der Waals surface area contributed by atoms with Crippen molar-refractivity contribution in [1.82, 2.24) is 9.80 Å². The van der Waals surface area contributed by atoms with E-state index < -0.39 is 6.04 Å². The summed E-state index contributed by atoms with van der Waals surface area (Å²) in [4.78, 5) is 26.6. The smallest absolute Gasteiger partial charge is 0.241 e. The Labute approximate surface area is 104 Å². The van der Waals surface area contributed by atoms with Gasteiger partial charge in [0.15, 0.2) is 0 Å².